The maximum absolute atomic E-state index is 11.4. The van der Waals surface area contributed by atoms with E-state index in [9.17, 15) is 9.59 Å². The second-order valence-corrected chi connectivity index (χ2v) is 6.44. The number of ketones is 1. The Morgan fingerprint density at radius 1 is 1.05 bits per heavy atom. The quantitative estimate of drug-likeness (QED) is 0.691. The molecule has 2 rings (SSSR count). The van der Waals surface area contributed by atoms with E-state index in [2.05, 4.69) is 15.0 Å². The molecule has 2 aromatic rings. The van der Waals surface area contributed by atoms with Crippen molar-refractivity contribution in [3.63, 3.8) is 0 Å². The first kappa shape index (κ1) is 15.5. The SMILES string of the molecule is CC(=O)c1sc(N=C(C)c2sc(C(N)=O)nc2C)nc1C. The number of amides is 1. The summed E-state index contributed by atoms with van der Waals surface area (Å²) in [7, 11) is 0. The zero-order valence-corrected chi connectivity index (χ0v) is 13.7. The van der Waals surface area contributed by atoms with E-state index >= 15 is 0 Å². The van der Waals surface area contributed by atoms with E-state index in [1.165, 1.54) is 29.6 Å². The summed E-state index contributed by atoms with van der Waals surface area (Å²) in [6, 6.07) is 0. The molecule has 0 aromatic carbocycles. The van der Waals surface area contributed by atoms with Crippen LogP contribution in [0.25, 0.3) is 0 Å². The smallest absolute Gasteiger partial charge is 0.277 e. The summed E-state index contributed by atoms with van der Waals surface area (Å²) in [5, 5.41) is 0.778. The van der Waals surface area contributed by atoms with Gasteiger partial charge in [0.1, 0.15) is 0 Å². The summed E-state index contributed by atoms with van der Waals surface area (Å²) in [6.45, 7) is 6.90. The standard InChI is InChI=1S/C13H14N4O2S2/c1-5-9(20-12(15-5)11(14)19)6(2)16-13-17-7(3)10(21-13)8(4)18/h1-4H3,(H2,14,19). The number of rotatable bonds is 4. The van der Waals surface area contributed by atoms with Gasteiger partial charge in [0.05, 0.1) is 26.9 Å². The van der Waals surface area contributed by atoms with Crippen LogP contribution in [0.3, 0.4) is 0 Å². The molecule has 0 atom stereocenters. The number of aromatic nitrogens is 2. The Balaban J connectivity index is 2.39. The van der Waals surface area contributed by atoms with Gasteiger partial charge in [-0.25, -0.2) is 15.0 Å². The van der Waals surface area contributed by atoms with E-state index in [-0.39, 0.29) is 10.8 Å². The molecule has 0 aliphatic heterocycles. The van der Waals surface area contributed by atoms with E-state index in [1.54, 1.807) is 13.8 Å². The molecule has 2 heterocycles. The molecule has 21 heavy (non-hydrogen) atoms. The topological polar surface area (TPSA) is 98.3 Å². The van der Waals surface area contributed by atoms with Crippen molar-refractivity contribution in [1.82, 2.24) is 9.97 Å². The van der Waals surface area contributed by atoms with Crippen molar-refractivity contribution in [2.75, 3.05) is 0 Å². The van der Waals surface area contributed by atoms with Gasteiger partial charge < -0.3 is 5.73 Å². The third-order valence-electron chi connectivity index (χ3n) is 2.70. The van der Waals surface area contributed by atoms with Crippen molar-refractivity contribution in [1.29, 1.82) is 0 Å². The molecule has 0 bridgehead atoms. The number of nitrogens with two attached hydrogens (primary N) is 1. The van der Waals surface area contributed by atoms with E-state index in [4.69, 9.17) is 5.73 Å². The number of aryl methyl sites for hydroxylation is 2. The number of nitrogens with zero attached hydrogens (tertiary/aromatic N) is 3. The second kappa shape index (κ2) is 5.82. The van der Waals surface area contributed by atoms with Crippen molar-refractivity contribution >= 4 is 45.2 Å². The number of carbonyl (C=O) groups excluding carboxylic acids is 2. The van der Waals surface area contributed by atoms with E-state index in [0.717, 1.165) is 4.88 Å². The van der Waals surface area contributed by atoms with Crippen molar-refractivity contribution in [2.45, 2.75) is 27.7 Å². The Morgan fingerprint density at radius 2 is 1.67 bits per heavy atom. The van der Waals surface area contributed by atoms with Gasteiger partial charge in [0.15, 0.2) is 10.8 Å². The number of aliphatic imine (C=N–C) groups is 1. The van der Waals surface area contributed by atoms with Gasteiger partial charge >= 0.3 is 0 Å². The Kier molecular flexibility index (Phi) is 4.29. The Morgan fingerprint density at radius 3 is 2.14 bits per heavy atom. The third kappa shape index (κ3) is 3.22. The summed E-state index contributed by atoms with van der Waals surface area (Å²) in [5.74, 6) is -0.569. The first-order chi connectivity index (χ1) is 9.79. The van der Waals surface area contributed by atoms with Crippen LogP contribution in [0.4, 0.5) is 5.13 Å². The molecule has 1 amide bonds. The molecule has 0 saturated carbocycles. The van der Waals surface area contributed by atoms with Gasteiger partial charge in [0.2, 0.25) is 5.13 Å². The molecule has 0 aliphatic rings. The number of hydrogen-bond donors (Lipinski definition) is 1. The lowest BCUT2D eigenvalue weighted by molar-refractivity contribution is 0.0996. The zero-order valence-electron chi connectivity index (χ0n) is 12.1. The highest BCUT2D eigenvalue weighted by Crippen LogP contribution is 2.27. The van der Waals surface area contributed by atoms with E-state index in [0.29, 0.717) is 27.1 Å². The fourth-order valence-corrected chi connectivity index (χ4v) is 3.54. The molecule has 110 valence electrons. The predicted molar refractivity (Wildman–Crippen MR) is 84.1 cm³/mol. The molecule has 0 spiro atoms. The summed E-state index contributed by atoms with van der Waals surface area (Å²) in [5.41, 5.74) is 7.30. The highest BCUT2D eigenvalue weighted by atomic mass is 32.1. The minimum atomic E-state index is -0.550. The van der Waals surface area contributed by atoms with Crippen LogP contribution in [0, 0.1) is 13.8 Å². The first-order valence-corrected chi connectivity index (χ1v) is 7.74. The lowest BCUT2D eigenvalue weighted by atomic mass is 10.3. The van der Waals surface area contributed by atoms with Crippen LogP contribution in [0.15, 0.2) is 4.99 Å². The zero-order chi connectivity index (χ0) is 15.7. The fraction of sp³-hybridized carbons (Fsp3) is 0.308. The molecule has 0 unspecified atom stereocenters. The van der Waals surface area contributed by atoms with Crippen LogP contribution >= 0.6 is 22.7 Å². The molecule has 0 saturated heterocycles. The lowest BCUT2D eigenvalue weighted by Gasteiger charge is -1.95. The highest BCUT2D eigenvalue weighted by Gasteiger charge is 2.15. The predicted octanol–water partition coefficient (Wildman–Crippen LogP) is 2.66. The average Bonchev–Trinajstić information content (AvgIpc) is 2.92. The number of thiazole rings is 2. The molecular weight excluding hydrogens is 308 g/mol. The number of hydrogen-bond acceptors (Lipinski definition) is 7. The lowest BCUT2D eigenvalue weighted by Crippen LogP contribution is -2.10. The van der Waals surface area contributed by atoms with Gasteiger partial charge in [-0.05, 0) is 20.8 Å². The summed E-state index contributed by atoms with van der Waals surface area (Å²) >= 11 is 2.46. The summed E-state index contributed by atoms with van der Waals surface area (Å²) in [4.78, 5) is 36.8. The van der Waals surface area contributed by atoms with Crippen LogP contribution < -0.4 is 5.73 Å². The van der Waals surface area contributed by atoms with Crippen LogP contribution in [0.2, 0.25) is 0 Å². The molecule has 2 N–H and O–H groups in total. The Bertz CT molecular complexity index is 758. The van der Waals surface area contributed by atoms with E-state index < -0.39 is 5.91 Å². The minimum absolute atomic E-state index is 0.0194. The highest BCUT2D eigenvalue weighted by molar-refractivity contribution is 7.17. The largest absolute Gasteiger partial charge is 0.364 e. The Labute approximate surface area is 129 Å². The van der Waals surface area contributed by atoms with Gasteiger partial charge in [0, 0.05) is 6.92 Å². The molecular formula is C13H14N4O2S2. The van der Waals surface area contributed by atoms with Crippen LogP contribution in [0.1, 0.15) is 49.6 Å². The van der Waals surface area contributed by atoms with Crippen LogP contribution in [-0.2, 0) is 0 Å². The van der Waals surface area contributed by atoms with Gasteiger partial charge in [-0.15, -0.1) is 11.3 Å². The average molecular weight is 322 g/mol. The third-order valence-corrected chi connectivity index (χ3v) is 5.14. The minimum Gasteiger partial charge on any atom is -0.364 e. The fourth-order valence-electron chi connectivity index (χ4n) is 1.79. The molecule has 8 heteroatoms. The summed E-state index contributed by atoms with van der Waals surface area (Å²) in [6.07, 6.45) is 0. The maximum Gasteiger partial charge on any atom is 0.277 e. The van der Waals surface area contributed by atoms with Crippen molar-refractivity contribution in [3.8, 4) is 0 Å². The molecule has 2 aromatic heterocycles. The van der Waals surface area contributed by atoms with Crippen molar-refractivity contribution in [2.24, 2.45) is 10.7 Å². The number of primary amides is 1. The molecule has 6 nitrogen and oxygen atoms in total. The first-order valence-electron chi connectivity index (χ1n) is 6.11. The van der Waals surface area contributed by atoms with Crippen LogP contribution in [-0.4, -0.2) is 27.4 Å². The number of Topliss-reactive ketones (excluding diaryl/α,β-unsaturated/α-hetero) is 1. The second-order valence-electron chi connectivity index (χ2n) is 4.46. The molecule has 0 radical (unpaired) electrons. The normalized spacial score (nSPS) is 11.7. The van der Waals surface area contributed by atoms with Gasteiger partial charge in [-0.1, -0.05) is 11.3 Å². The van der Waals surface area contributed by atoms with E-state index in [1.807, 2.05) is 6.92 Å². The Hall–Kier alpha value is -1.93. The van der Waals surface area contributed by atoms with Gasteiger partial charge in [0.25, 0.3) is 5.91 Å². The summed E-state index contributed by atoms with van der Waals surface area (Å²) < 4.78 is 0. The molecule has 0 fully saturated rings. The van der Waals surface area contributed by atoms with Gasteiger partial charge in [-0.2, -0.15) is 0 Å². The monoisotopic (exact) mass is 322 g/mol. The van der Waals surface area contributed by atoms with Crippen LogP contribution in [0.5, 0.6) is 0 Å². The number of carbonyl (C=O) groups is 2. The van der Waals surface area contributed by atoms with Crippen molar-refractivity contribution in [3.05, 3.63) is 26.1 Å². The molecule has 0 aliphatic carbocycles. The van der Waals surface area contributed by atoms with Crippen molar-refractivity contribution < 1.29 is 9.59 Å². The maximum atomic E-state index is 11.4. The van der Waals surface area contributed by atoms with Gasteiger partial charge in [-0.3, -0.25) is 9.59 Å².